The first-order valence-corrected chi connectivity index (χ1v) is 7.55. The quantitative estimate of drug-likeness (QED) is 0.913. The molecule has 0 spiro atoms. The van der Waals surface area contributed by atoms with Crippen LogP contribution in [0.3, 0.4) is 0 Å². The SMILES string of the molecule is CC1CN(c2nc(CNC(C)(C)C)co2)CCS1. The van der Waals surface area contributed by atoms with Gasteiger partial charge in [-0.2, -0.15) is 16.7 Å². The number of hydrogen-bond donors (Lipinski definition) is 1. The Labute approximate surface area is 114 Å². The van der Waals surface area contributed by atoms with Gasteiger partial charge in [0.1, 0.15) is 6.26 Å². The van der Waals surface area contributed by atoms with Gasteiger partial charge in [0.2, 0.25) is 0 Å². The molecule has 1 aliphatic rings. The minimum absolute atomic E-state index is 0.107. The van der Waals surface area contributed by atoms with Crippen molar-refractivity contribution in [3.63, 3.8) is 0 Å². The molecule has 1 unspecified atom stereocenters. The number of nitrogens with one attached hydrogen (secondary N) is 1. The van der Waals surface area contributed by atoms with E-state index in [1.54, 1.807) is 6.26 Å². The van der Waals surface area contributed by atoms with Gasteiger partial charge in [-0.15, -0.1) is 0 Å². The molecular formula is C13H23N3OS. The van der Waals surface area contributed by atoms with Crippen LogP contribution < -0.4 is 10.2 Å². The van der Waals surface area contributed by atoms with E-state index in [4.69, 9.17) is 4.42 Å². The summed E-state index contributed by atoms with van der Waals surface area (Å²) < 4.78 is 5.58. The number of oxazole rings is 1. The van der Waals surface area contributed by atoms with Gasteiger partial charge in [-0.1, -0.05) is 6.92 Å². The van der Waals surface area contributed by atoms with E-state index < -0.39 is 0 Å². The van der Waals surface area contributed by atoms with Crippen LogP contribution in [0.25, 0.3) is 0 Å². The third-order valence-corrected chi connectivity index (χ3v) is 3.99. The fourth-order valence-corrected chi connectivity index (χ4v) is 2.88. The molecule has 18 heavy (non-hydrogen) atoms. The topological polar surface area (TPSA) is 41.3 Å². The van der Waals surface area contributed by atoms with Gasteiger partial charge in [0.05, 0.1) is 5.69 Å². The molecular weight excluding hydrogens is 246 g/mol. The van der Waals surface area contributed by atoms with Gasteiger partial charge < -0.3 is 14.6 Å². The summed E-state index contributed by atoms with van der Waals surface area (Å²) in [6.07, 6.45) is 1.76. The van der Waals surface area contributed by atoms with E-state index in [2.05, 4.69) is 42.9 Å². The van der Waals surface area contributed by atoms with Crippen LogP contribution in [-0.2, 0) is 6.54 Å². The van der Waals surface area contributed by atoms with E-state index in [-0.39, 0.29) is 5.54 Å². The number of thioether (sulfide) groups is 1. The van der Waals surface area contributed by atoms with Crippen molar-refractivity contribution in [3.8, 4) is 0 Å². The summed E-state index contributed by atoms with van der Waals surface area (Å²) in [5, 5.41) is 4.07. The van der Waals surface area contributed by atoms with Crippen LogP contribution in [0.15, 0.2) is 10.7 Å². The lowest BCUT2D eigenvalue weighted by atomic mass is 10.1. The molecule has 1 N–H and O–H groups in total. The molecule has 1 atom stereocenters. The Morgan fingerprint density at radius 3 is 3.00 bits per heavy atom. The van der Waals surface area contributed by atoms with E-state index >= 15 is 0 Å². The van der Waals surface area contributed by atoms with Crippen molar-refractivity contribution in [2.45, 2.75) is 45.0 Å². The number of anilines is 1. The molecule has 0 saturated carbocycles. The van der Waals surface area contributed by atoms with Gasteiger partial charge in [-0.05, 0) is 20.8 Å². The van der Waals surface area contributed by atoms with Crippen LogP contribution in [-0.4, -0.2) is 34.6 Å². The summed E-state index contributed by atoms with van der Waals surface area (Å²) in [6.45, 7) is 11.5. The second kappa shape index (κ2) is 5.53. The molecule has 1 aromatic heterocycles. The lowest BCUT2D eigenvalue weighted by Gasteiger charge is -2.29. The van der Waals surface area contributed by atoms with Crippen molar-refractivity contribution in [1.29, 1.82) is 0 Å². The summed E-state index contributed by atoms with van der Waals surface area (Å²) in [5.41, 5.74) is 1.08. The standard InChI is InChI=1S/C13H23N3OS/c1-10-8-16(5-6-18-10)12-15-11(9-17-12)7-14-13(2,3)4/h9-10,14H,5-8H2,1-4H3. The maximum atomic E-state index is 5.58. The van der Waals surface area contributed by atoms with Crippen molar-refractivity contribution in [2.75, 3.05) is 23.7 Å². The predicted molar refractivity (Wildman–Crippen MR) is 77.2 cm³/mol. The molecule has 0 bridgehead atoms. The minimum atomic E-state index is 0.107. The third kappa shape index (κ3) is 3.92. The van der Waals surface area contributed by atoms with E-state index in [0.29, 0.717) is 5.25 Å². The molecule has 2 rings (SSSR count). The highest BCUT2D eigenvalue weighted by molar-refractivity contribution is 8.00. The van der Waals surface area contributed by atoms with Crippen molar-refractivity contribution < 1.29 is 4.42 Å². The van der Waals surface area contributed by atoms with E-state index in [0.717, 1.165) is 37.1 Å². The van der Waals surface area contributed by atoms with Gasteiger partial charge in [-0.3, -0.25) is 0 Å². The fourth-order valence-electron chi connectivity index (χ4n) is 1.87. The Bertz CT molecular complexity index is 386. The molecule has 0 radical (unpaired) electrons. The average molecular weight is 269 g/mol. The average Bonchev–Trinajstić information content (AvgIpc) is 2.74. The number of rotatable bonds is 3. The summed E-state index contributed by atoms with van der Waals surface area (Å²) in [6, 6.07) is 0.771. The molecule has 5 heteroatoms. The van der Waals surface area contributed by atoms with Crippen LogP contribution in [0, 0.1) is 0 Å². The summed E-state index contributed by atoms with van der Waals surface area (Å²) in [7, 11) is 0. The smallest absolute Gasteiger partial charge is 0.297 e. The molecule has 102 valence electrons. The molecule has 1 aliphatic heterocycles. The largest absolute Gasteiger partial charge is 0.432 e. The molecule has 0 aromatic carbocycles. The van der Waals surface area contributed by atoms with Gasteiger partial charge in [0.25, 0.3) is 6.01 Å². The number of aromatic nitrogens is 1. The molecule has 1 saturated heterocycles. The van der Waals surface area contributed by atoms with Crippen LogP contribution in [0.2, 0.25) is 0 Å². The summed E-state index contributed by atoms with van der Waals surface area (Å²) >= 11 is 2.01. The van der Waals surface area contributed by atoms with Crippen LogP contribution in [0.5, 0.6) is 0 Å². The van der Waals surface area contributed by atoms with Gasteiger partial charge in [0, 0.05) is 36.2 Å². The first kappa shape index (κ1) is 13.7. The van der Waals surface area contributed by atoms with Crippen molar-refractivity contribution in [1.82, 2.24) is 10.3 Å². The molecule has 0 aliphatic carbocycles. The second-order valence-corrected chi connectivity index (χ2v) is 7.40. The van der Waals surface area contributed by atoms with Crippen molar-refractivity contribution in [3.05, 3.63) is 12.0 Å². The number of nitrogens with zero attached hydrogens (tertiary/aromatic N) is 2. The lowest BCUT2D eigenvalue weighted by Crippen LogP contribution is -2.37. The zero-order valence-corrected chi connectivity index (χ0v) is 12.5. The highest BCUT2D eigenvalue weighted by Gasteiger charge is 2.21. The van der Waals surface area contributed by atoms with E-state index in [9.17, 15) is 0 Å². The summed E-state index contributed by atoms with van der Waals surface area (Å²) in [4.78, 5) is 6.80. The summed E-state index contributed by atoms with van der Waals surface area (Å²) in [5.74, 6) is 1.15. The van der Waals surface area contributed by atoms with E-state index in [1.807, 2.05) is 11.8 Å². The second-order valence-electron chi connectivity index (χ2n) is 5.85. The van der Waals surface area contributed by atoms with Crippen LogP contribution >= 0.6 is 11.8 Å². The first-order valence-electron chi connectivity index (χ1n) is 6.50. The third-order valence-electron chi connectivity index (χ3n) is 2.85. The molecule has 2 heterocycles. The van der Waals surface area contributed by atoms with Gasteiger partial charge >= 0.3 is 0 Å². The zero-order valence-electron chi connectivity index (χ0n) is 11.7. The predicted octanol–water partition coefficient (Wildman–Crippen LogP) is 2.50. The van der Waals surface area contributed by atoms with Crippen molar-refractivity contribution in [2.24, 2.45) is 0 Å². The Balaban J connectivity index is 1.93. The first-order chi connectivity index (χ1) is 8.44. The molecule has 1 aromatic rings. The molecule has 1 fully saturated rings. The van der Waals surface area contributed by atoms with E-state index in [1.165, 1.54) is 0 Å². The maximum Gasteiger partial charge on any atom is 0.297 e. The highest BCUT2D eigenvalue weighted by atomic mass is 32.2. The van der Waals surface area contributed by atoms with Gasteiger partial charge in [0.15, 0.2) is 0 Å². The molecule has 4 nitrogen and oxygen atoms in total. The highest BCUT2D eigenvalue weighted by Crippen LogP contribution is 2.23. The normalized spacial score (nSPS) is 21.3. The number of hydrogen-bond acceptors (Lipinski definition) is 5. The Hall–Kier alpha value is -0.680. The fraction of sp³-hybridized carbons (Fsp3) is 0.769. The lowest BCUT2D eigenvalue weighted by molar-refractivity contribution is 0.421. The van der Waals surface area contributed by atoms with Crippen molar-refractivity contribution >= 4 is 17.8 Å². The minimum Gasteiger partial charge on any atom is -0.432 e. The van der Waals surface area contributed by atoms with Crippen LogP contribution in [0.4, 0.5) is 6.01 Å². The Morgan fingerprint density at radius 2 is 2.33 bits per heavy atom. The molecule has 0 amide bonds. The Morgan fingerprint density at radius 1 is 1.56 bits per heavy atom. The maximum absolute atomic E-state index is 5.58. The monoisotopic (exact) mass is 269 g/mol. The zero-order chi connectivity index (χ0) is 13.2. The van der Waals surface area contributed by atoms with Crippen LogP contribution in [0.1, 0.15) is 33.4 Å². The Kier molecular flexibility index (Phi) is 4.22. The van der Waals surface area contributed by atoms with Gasteiger partial charge in [-0.25, -0.2) is 0 Å².